The molecule has 3 rings (SSSR count). The number of aromatic nitrogens is 1. The van der Waals surface area contributed by atoms with E-state index in [0.29, 0.717) is 5.39 Å². The van der Waals surface area contributed by atoms with Crippen LogP contribution in [-0.2, 0) is 11.3 Å². The van der Waals surface area contributed by atoms with Crippen molar-refractivity contribution in [3.63, 3.8) is 0 Å². The Morgan fingerprint density at radius 1 is 1.44 bits per heavy atom. The quantitative estimate of drug-likeness (QED) is 0.845. The van der Waals surface area contributed by atoms with Crippen LogP contribution in [-0.4, -0.2) is 29.6 Å². The van der Waals surface area contributed by atoms with Gasteiger partial charge in [0.25, 0.3) is 0 Å². The lowest BCUT2D eigenvalue weighted by molar-refractivity contribution is -0.122. The average molecular weight is 247 g/mol. The number of benzene rings is 1. The van der Waals surface area contributed by atoms with Gasteiger partial charge in [0.2, 0.25) is 5.91 Å². The maximum absolute atomic E-state index is 13.5. The summed E-state index contributed by atoms with van der Waals surface area (Å²) in [5, 5.41) is 6.56. The summed E-state index contributed by atoms with van der Waals surface area (Å²) in [6.07, 6.45) is 1.74. The van der Waals surface area contributed by atoms with Gasteiger partial charge in [-0.2, -0.15) is 0 Å². The van der Waals surface area contributed by atoms with Crippen LogP contribution >= 0.6 is 0 Å². The van der Waals surface area contributed by atoms with Crippen molar-refractivity contribution in [2.24, 2.45) is 0 Å². The molecule has 2 N–H and O–H groups in total. The molecule has 94 valence electrons. The van der Waals surface area contributed by atoms with E-state index in [9.17, 15) is 9.18 Å². The smallest absolute Gasteiger partial charge is 0.240 e. The lowest BCUT2D eigenvalue weighted by Crippen LogP contribution is -2.57. The number of rotatable bonds is 3. The molecule has 0 bridgehead atoms. The first-order valence-corrected chi connectivity index (χ1v) is 5.97. The molecule has 1 aliphatic rings. The second kappa shape index (κ2) is 4.42. The molecule has 1 saturated heterocycles. The van der Waals surface area contributed by atoms with Crippen LogP contribution in [0.1, 0.15) is 0 Å². The summed E-state index contributed by atoms with van der Waals surface area (Å²) >= 11 is 0. The van der Waals surface area contributed by atoms with Crippen LogP contribution in [0.15, 0.2) is 30.5 Å². The first kappa shape index (κ1) is 11.2. The summed E-state index contributed by atoms with van der Waals surface area (Å²) in [5.41, 5.74) is 0.747. The highest BCUT2D eigenvalue weighted by Gasteiger charge is 2.19. The Hall–Kier alpha value is -1.88. The SMILES string of the molecule is O=C(Cn1ccc2c(F)cccc21)NC1CNC1. The van der Waals surface area contributed by atoms with Crippen LogP contribution in [0.25, 0.3) is 10.9 Å². The Kier molecular flexibility index (Phi) is 2.76. The number of nitrogens with one attached hydrogen (secondary N) is 2. The maximum atomic E-state index is 13.5. The number of carbonyl (C=O) groups is 1. The van der Waals surface area contributed by atoms with E-state index in [1.165, 1.54) is 6.07 Å². The fourth-order valence-electron chi connectivity index (χ4n) is 2.14. The molecule has 0 atom stereocenters. The van der Waals surface area contributed by atoms with Crippen LogP contribution in [0.5, 0.6) is 0 Å². The minimum absolute atomic E-state index is 0.0386. The first-order valence-electron chi connectivity index (χ1n) is 5.97. The number of fused-ring (bicyclic) bond motifs is 1. The van der Waals surface area contributed by atoms with Crippen LogP contribution in [0.3, 0.4) is 0 Å². The zero-order chi connectivity index (χ0) is 12.5. The molecule has 1 aliphatic heterocycles. The van der Waals surface area contributed by atoms with E-state index in [-0.39, 0.29) is 24.3 Å². The van der Waals surface area contributed by atoms with E-state index in [4.69, 9.17) is 0 Å². The van der Waals surface area contributed by atoms with Crippen LogP contribution in [0.2, 0.25) is 0 Å². The van der Waals surface area contributed by atoms with E-state index in [1.807, 2.05) is 6.07 Å². The third kappa shape index (κ3) is 1.97. The Bertz CT molecular complexity index is 589. The standard InChI is InChI=1S/C13H14FN3O/c14-11-2-1-3-12-10(11)4-5-17(12)8-13(18)16-9-6-15-7-9/h1-5,9,15H,6-8H2,(H,16,18). The van der Waals surface area contributed by atoms with E-state index in [0.717, 1.165) is 18.6 Å². The van der Waals surface area contributed by atoms with Gasteiger partial charge < -0.3 is 15.2 Å². The summed E-state index contributed by atoms with van der Waals surface area (Å²) in [7, 11) is 0. The molecular weight excluding hydrogens is 233 g/mol. The second-order valence-electron chi connectivity index (χ2n) is 4.54. The number of hydrogen-bond acceptors (Lipinski definition) is 2. The monoisotopic (exact) mass is 247 g/mol. The number of halogens is 1. The highest BCUT2D eigenvalue weighted by Crippen LogP contribution is 2.18. The largest absolute Gasteiger partial charge is 0.349 e. The fourth-order valence-corrected chi connectivity index (χ4v) is 2.14. The van der Waals surface area contributed by atoms with Crippen LogP contribution < -0.4 is 10.6 Å². The molecule has 1 fully saturated rings. The maximum Gasteiger partial charge on any atom is 0.240 e. The van der Waals surface area contributed by atoms with Crippen molar-refractivity contribution >= 4 is 16.8 Å². The van der Waals surface area contributed by atoms with Crippen molar-refractivity contribution in [1.82, 2.24) is 15.2 Å². The van der Waals surface area contributed by atoms with Gasteiger partial charge >= 0.3 is 0 Å². The number of hydrogen-bond donors (Lipinski definition) is 2. The molecule has 2 heterocycles. The molecule has 0 aliphatic carbocycles. The minimum Gasteiger partial charge on any atom is -0.349 e. The predicted molar refractivity (Wildman–Crippen MR) is 66.7 cm³/mol. The zero-order valence-corrected chi connectivity index (χ0v) is 9.82. The molecule has 0 spiro atoms. The second-order valence-corrected chi connectivity index (χ2v) is 4.54. The van der Waals surface area contributed by atoms with E-state index >= 15 is 0 Å². The van der Waals surface area contributed by atoms with Crippen molar-refractivity contribution in [1.29, 1.82) is 0 Å². The molecule has 4 nitrogen and oxygen atoms in total. The molecule has 1 amide bonds. The van der Waals surface area contributed by atoms with Gasteiger partial charge in [-0.1, -0.05) is 6.07 Å². The van der Waals surface area contributed by atoms with Crippen molar-refractivity contribution in [3.8, 4) is 0 Å². The average Bonchev–Trinajstić information content (AvgIpc) is 2.69. The Morgan fingerprint density at radius 3 is 3.00 bits per heavy atom. The molecule has 0 saturated carbocycles. The van der Waals surface area contributed by atoms with Gasteiger partial charge in [-0.15, -0.1) is 0 Å². The highest BCUT2D eigenvalue weighted by atomic mass is 19.1. The molecule has 5 heteroatoms. The summed E-state index contributed by atoms with van der Waals surface area (Å²) in [4.78, 5) is 11.8. The Morgan fingerprint density at radius 2 is 2.28 bits per heavy atom. The summed E-state index contributed by atoms with van der Waals surface area (Å²) in [6.45, 7) is 1.88. The van der Waals surface area contributed by atoms with E-state index in [2.05, 4.69) is 10.6 Å². The molecule has 1 aromatic carbocycles. The Labute approximate surface area is 104 Å². The first-order chi connectivity index (χ1) is 8.74. The highest BCUT2D eigenvalue weighted by molar-refractivity contribution is 5.83. The van der Waals surface area contributed by atoms with Crippen molar-refractivity contribution in [3.05, 3.63) is 36.3 Å². The predicted octanol–water partition coefficient (Wildman–Crippen LogP) is 0.868. The molecule has 0 radical (unpaired) electrons. The zero-order valence-electron chi connectivity index (χ0n) is 9.82. The Balaban J connectivity index is 1.77. The summed E-state index contributed by atoms with van der Waals surface area (Å²) in [6, 6.07) is 6.82. The topological polar surface area (TPSA) is 46.1 Å². The van der Waals surface area contributed by atoms with Crippen LogP contribution in [0.4, 0.5) is 4.39 Å². The van der Waals surface area contributed by atoms with Crippen molar-refractivity contribution in [2.45, 2.75) is 12.6 Å². The van der Waals surface area contributed by atoms with E-state index in [1.54, 1.807) is 22.9 Å². The molecule has 2 aromatic rings. The van der Waals surface area contributed by atoms with Crippen molar-refractivity contribution in [2.75, 3.05) is 13.1 Å². The lowest BCUT2D eigenvalue weighted by Gasteiger charge is -2.28. The van der Waals surface area contributed by atoms with Gasteiger partial charge in [-0.05, 0) is 18.2 Å². The molecular formula is C13H14FN3O. The summed E-state index contributed by atoms with van der Waals surface area (Å²) in [5.74, 6) is -0.293. The molecule has 0 unspecified atom stereocenters. The number of amides is 1. The fraction of sp³-hybridized carbons (Fsp3) is 0.308. The lowest BCUT2D eigenvalue weighted by atomic mass is 10.2. The van der Waals surface area contributed by atoms with E-state index < -0.39 is 0 Å². The molecule has 18 heavy (non-hydrogen) atoms. The van der Waals surface area contributed by atoms with Gasteiger partial charge in [0.15, 0.2) is 0 Å². The van der Waals surface area contributed by atoms with Gasteiger partial charge in [-0.3, -0.25) is 4.79 Å². The van der Waals surface area contributed by atoms with Gasteiger partial charge in [-0.25, -0.2) is 4.39 Å². The summed E-state index contributed by atoms with van der Waals surface area (Å²) < 4.78 is 15.3. The van der Waals surface area contributed by atoms with Gasteiger partial charge in [0.05, 0.1) is 11.6 Å². The minimum atomic E-state index is -0.255. The van der Waals surface area contributed by atoms with Crippen molar-refractivity contribution < 1.29 is 9.18 Å². The van der Waals surface area contributed by atoms with Gasteiger partial charge in [0.1, 0.15) is 12.4 Å². The molecule has 1 aromatic heterocycles. The number of nitrogens with zero attached hydrogens (tertiary/aromatic N) is 1. The van der Waals surface area contributed by atoms with Gasteiger partial charge in [0, 0.05) is 24.7 Å². The third-order valence-corrected chi connectivity index (χ3v) is 3.22. The number of carbonyl (C=O) groups excluding carboxylic acids is 1. The third-order valence-electron chi connectivity index (χ3n) is 3.22. The van der Waals surface area contributed by atoms with Crippen LogP contribution in [0, 0.1) is 5.82 Å². The normalized spacial score (nSPS) is 15.6.